The molecule has 2 N–H and O–H groups in total. The zero-order valence-electron chi connectivity index (χ0n) is 19.2. The van der Waals surface area contributed by atoms with Crippen LogP contribution in [0.4, 0.5) is 0 Å². The molecular weight excluding hydrogens is 444 g/mol. The molecule has 0 unspecified atom stereocenters. The predicted octanol–water partition coefficient (Wildman–Crippen LogP) is 4.01. The predicted molar refractivity (Wildman–Crippen MR) is 127 cm³/mol. The van der Waals surface area contributed by atoms with E-state index in [2.05, 4.69) is 42.3 Å². The zero-order valence-corrected chi connectivity index (χ0v) is 19.2. The minimum atomic E-state index is -0.438. The number of hydrogen-bond acceptors (Lipinski definition) is 8. The first-order valence-corrected chi connectivity index (χ1v) is 11.4. The number of aromatic nitrogens is 7. The Morgan fingerprint density at radius 1 is 1.09 bits per heavy atom. The van der Waals surface area contributed by atoms with E-state index < -0.39 is 6.04 Å². The van der Waals surface area contributed by atoms with Crippen molar-refractivity contribution in [2.24, 2.45) is 0 Å². The van der Waals surface area contributed by atoms with Gasteiger partial charge >= 0.3 is 0 Å². The molecule has 0 aliphatic heterocycles. The molecule has 0 saturated heterocycles. The smallest absolute Gasteiger partial charge is 0.270 e. The first-order chi connectivity index (χ1) is 17.0. The van der Waals surface area contributed by atoms with Gasteiger partial charge < -0.3 is 14.8 Å². The number of nitrogens with one attached hydrogen (secondary N) is 2. The molecule has 1 amide bonds. The van der Waals surface area contributed by atoms with Crippen molar-refractivity contribution in [3.8, 4) is 22.8 Å². The molecule has 5 aromatic heterocycles. The molecule has 35 heavy (non-hydrogen) atoms. The van der Waals surface area contributed by atoms with E-state index in [0.29, 0.717) is 23.0 Å². The van der Waals surface area contributed by atoms with Crippen molar-refractivity contribution in [2.75, 3.05) is 0 Å². The summed E-state index contributed by atoms with van der Waals surface area (Å²) in [7, 11) is 0. The molecule has 0 radical (unpaired) electrons. The number of rotatable bonds is 6. The Morgan fingerprint density at radius 3 is 2.71 bits per heavy atom. The summed E-state index contributed by atoms with van der Waals surface area (Å²) >= 11 is 0. The zero-order chi connectivity index (χ0) is 24.0. The number of fused-ring (bicyclic) bond motifs is 1. The lowest BCUT2D eigenvalue weighted by Gasteiger charge is -2.10. The summed E-state index contributed by atoms with van der Waals surface area (Å²) in [5.41, 5.74) is 5.04. The maximum absolute atomic E-state index is 12.8. The Labute approximate surface area is 200 Å². The van der Waals surface area contributed by atoms with E-state index in [9.17, 15) is 4.79 Å². The fourth-order valence-corrected chi connectivity index (χ4v) is 3.90. The maximum Gasteiger partial charge on any atom is 0.270 e. The average molecular weight is 467 g/mol. The van der Waals surface area contributed by atoms with Crippen LogP contribution in [0.1, 0.15) is 54.7 Å². The van der Waals surface area contributed by atoms with Crippen LogP contribution in [0.3, 0.4) is 0 Å². The minimum absolute atomic E-state index is 0.177. The molecule has 5 heterocycles. The van der Waals surface area contributed by atoms with Gasteiger partial charge in [0.05, 0.1) is 11.7 Å². The number of amides is 1. The standard InChI is InChI=1S/C25H22N8O2/c1-14(29-24(34)19-11-17(27-13-28-19)15-5-9-26-10-6-15)20-12-18(33-35-20)23-30-16-3-4-21(25(2)7-8-25)31-22(16)32-23/h3-6,9-14H,7-8H2,1-2H3,(H,29,34)(H,30,31,32)/t14-/m1/s1. The summed E-state index contributed by atoms with van der Waals surface area (Å²) in [6.07, 6.45) is 7.02. The number of H-pyrrole nitrogens is 1. The van der Waals surface area contributed by atoms with Gasteiger partial charge in [0.2, 0.25) is 0 Å². The van der Waals surface area contributed by atoms with Gasteiger partial charge in [-0.2, -0.15) is 0 Å². The molecule has 1 aliphatic carbocycles. The molecule has 5 aromatic rings. The minimum Gasteiger partial charge on any atom is -0.358 e. The molecule has 1 atom stereocenters. The molecule has 0 aromatic carbocycles. The third-order valence-corrected chi connectivity index (χ3v) is 6.38. The van der Waals surface area contributed by atoms with Crippen LogP contribution in [0, 0.1) is 0 Å². The number of hydrogen-bond donors (Lipinski definition) is 2. The molecule has 1 fully saturated rings. The molecule has 10 heteroatoms. The first-order valence-electron chi connectivity index (χ1n) is 11.4. The highest BCUT2D eigenvalue weighted by atomic mass is 16.5. The average Bonchev–Trinajstić information content (AvgIpc) is 3.28. The highest BCUT2D eigenvalue weighted by Gasteiger charge is 2.40. The summed E-state index contributed by atoms with van der Waals surface area (Å²) in [5, 5.41) is 7.04. The number of carbonyl (C=O) groups is 1. The van der Waals surface area contributed by atoms with Crippen LogP contribution in [-0.2, 0) is 5.41 Å². The number of aromatic amines is 1. The van der Waals surface area contributed by atoms with Crippen LogP contribution in [0.15, 0.2) is 59.6 Å². The van der Waals surface area contributed by atoms with Crippen LogP contribution >= 0.6 is 0 Å². The molecule has 10 nitrogen and oxygen atoms in total. The lowest BCUT2D eigenvalue weighted by molar-refractivity contribution is 0.0928. The van der Waals surface area contributed by atoms with Crippen molar-refractivity contribution < 1.29 is 9.32 Å². The number of imidazole rings is 1. The SMILES string of the molecule is C[C@@H](NC(=O)c1cc(-c2ccncc2)ncn1)c1cc(-c2nc3ccc(C4(C)CC4)nc3[nH]2)no1. The lowest BCUT2D eigenvalue weighted by Crippen LogP contribution is -2.27. The Bertz CT molecular complexity index is 1540. The van der Waals surface area contributed by atoms with Crippen molar-refractivity contribution in [3.63, 3.8) is 0 Å². The Kier molecular flexibility index (Phi) is 4.87. The van der Waals surface area contributed by atoms with Crippen molar-refractivity contribution >= 4 is 17.1 Å². The lowest BCUT2D eigenvalue weighted by atomic mass is 10.1. The van der Waals surface area contributed by atoms with Gasteiger partial charge in [-0.3, -0.25) is 9.78 Å². The Morgan fingerprint density at radius 2 is 1.91 bits per heavy atom. The molecule has 0 bridgehead atoms. The van der Waals surface area contributed by atoms with Gasteiger partial charge in [-0.15, -0.1) is 0 Å². The van der Waals surface area contributed by atoms with Crippen LogP contribution in [0.5, 0.6) is 0 Å². The second-order valence-corrected chi connectivity index (χ2v) is 9.04. The van der Waals surface area contributed by atoms with E-state index in [1.54, 1.807) is 24.5 Å². The second kappa shape index (κ2) is 8.08. The fraction of sp³-hybridized carbons (Fsp3) is 0.240. The van der Waals surface area contributed by atoms with E-state index in [4.69, 9.17) is 9.51 Å². The summed E-state index contributed by atoms with van der Waals surface area (Å²) in [5.74, 6) is 0.718. The quantitative estimate of drug-likeness (QED) is 0.383. The molecule has 1 saturated carbocycles. The van der Waals surface area contributed by atoms with Gasteiger partial charge in [0.15, 0.2) is 17.2 Å². The van der Waals surface area contributed by atoms with Crippen LogP contribution in [-0.4, -0.2) is 41.0 Å². The summed E-state index contributed by atoms with van der Waals surface area (Å²) in [4.78, 5) is 37.8. The van der Waals surface area contributed by atoms with E-state index >= 15 is 0 Å². The highest BCUT2D eigenvalue weighted by molar-refractivity contribution is 5.93. The molecular formula is C25H22N8O2. The molecule has 0 spiro atoms. The summed E-state index contributed by atoms with van der Waals surface area (Å²) < 4.78 is 5.51. The third-order valence-electron chi connectivity index (χ3n) is 6.38. The first kappa shape index (κ1) is 21.1. The van der Waals surface area contributed by atoms with Crippen molar-refractivity contribution in [2.45, 2.75) is 38.1 Å². The molecule has 1 aliphatic rings. The van der Waals surface area contributed by atoms with Crippen LogP contribution in [0.25, 0.3) is 33.9 Å². The topological polar surface area (TPSA) is 135 Å². The number of pyridine rings is 2. The third kappa shape index (κ3) is 4.03. The van der Waals surface area contributed by atoms with Gasteiger partial charge in [-0.05, 0) is 50.1 Å². The van der Waals surface area contributed by atoms with Gasteiger partial charge in [-0.25, -0.2) is 19.9 Å². The van der Waals surface area contributed by atoms with Crippen molar-refractivity contribution in [1.29, 1.82) is 0 Å². The van der Waals surface area contributed by atoms with E-state index in [1.165, 1.54) is 6.33 Å². The van der Waals surface area contributed by atoms with E-state index in [1.807, 2.05) is 31.2 Å². The van der Waals surface area contributed by atoms with E-state index in [-0.39, 0.29) is 17.0 Å². The van der Waals surface area contributed by atoms with E-state index in [0.717, 1.165) is 35.3 Å². The Hall–Kier alpha value is -4.47. The maximum atomic E-state index is 12.8. The van der Waals surface area contributed by atoms with Crippen molar-refractivity contribution in [3.05, 3.63) is 72.3 Å². The number of nitrogens with zero attached hydrogens (tertiary/aromatic N) is 6. The summed E-state index contributed by atoms with van der Waals surface area (Å²) in [6, 6.07) is 10.6. The molecule has 174 valence electrons. The van der Waals surface area contributed by atoms with Crippen LogP contribution < -0.4 is 5.32 Å². The second-order valence-electron chi connectivity index (χ2n) is 9.04. The van der Waals surface area contributed by atoms with Crippen LogP contribution in [0.2, 0.25) is 0 Å². The fourth-order valence-electron chi connectivity index (χ4n) is 3.90. The van der Waals surface area contributed by atoms with Gasteiger partial charge in [0.25, 0.3) is 5.91 Å². The number of carbonyl (C=O) groups excluding carboxylic acids is 1. The van der Waals surface area contributed by atoms with Gasteiger partial charge in [0.1, 0.15) is 23.2 Å². The summed E-state index contributed by atoms with van der Waals surface area (Å²) in [6.45, 7) is 4.04. The normalized spacial score (nSPS) is 15.1. The van der Waals surface area contributed by atoms with Gasteiger partial charge in [0, 0.05) is 35.1 Å². The monoisotopic (exact) mass is 466 g/mol. The largest absolute Gasteiger partial charge is 0.358 e. The van der Waals surface area contributed by atoms with Gasteiger partial charge in [-0.1, -0.05) is 12.1 Å². The Balaban J connectivity index is 1.18. The highest BCUT2D eigenvalue weighted by Crippen LogP contribution is 2.46. The van der Waals surface area contributed by atoms with Crippen molar-refractivity contribution in [1.82, 2.24) is 40.4 Å². The molecule has 6 rings (SSSR count).